The molecule has 0 aromatic carbocycles. The minimum atomic E-state index is -3.53. The summed E-state index contributed by atoms with van der Waals surface area (Å²) in [7, 11) is -3.53. The smallest absolute Gasteiger partial charge is 0.305 e. The molecule has 0 atom stereocenters. The maximum atomic E-state index is 11.9. The van der Waals surface area contributed by atoms with E-state index in [1.165, 1.54) is 23.5 Å². The first-order valence-corrected chi connectivity index (χ1v) is 7.69. The Balaban J connectivity index is 1.93. The van der Waals surface area contributed by atoms with Crippen LogP contribution in [0.3, 0.4) is 0 Å². The second-order valence-corrected chi connectivity index (χ2v) is 6.50. The van der Waals surface area contributed by atoms with Gasteiger partial charge in [0.2, 0.25) is 10.0 Å². The number of carboxylic acids is 1. The second kappa shape index (κ2) is 5.70. The van der Waals surface area contributed by atoms with Crippen LogP contribution >= 0.6 is 0 Å². The lowest BCUT2D eigenvalue weighted by molar-refractivity contribution is -0.137. The van der Waals surface area contributed by atoms with E-state index in [0.717, 1.165) is 12.8 Å². The fourth-order valence-corrected chi connectivity index (χ4v) is 2.89. The van der Waals surface area contributed by atoms with Gasteiger partial charge in [0, 0.05) is 12.7 Å². The van der Waals surface area contributed by atoms with Gasteiger partial charge in [-0.3, -0.25) is 9.48 Å². The summed E-state index contributed by atoms with van der Waals surface area (Å²) in [5.74, 6) is -0.500. The number of aryl methyl sites for hydroxylation is 1. The van der Waals surface area contributed by atoms with E-state index in [-0.39, 0.29) is 17.9 Å². The lowest BCUT2D eigenvalue weighted by atomic mass is 9.86. The van der Waals surface area contributed by atoms with E-state index in [1.807, 2.05) is 0 Å². The third kappa shape index (κ3) is 3.77. The first-order valence-electron chi connectivity index (χ1n) is 6.21. The van der Waals surface area contributed by atoms with Crippen molar-refractivity contribution in [3.05, 3.63) is 12.4 Å². The molecule has 8 heteroatoms. The number of aliphatic carboxylic acids is 1. The van der Waals surface area contributed by atoms with Crippen molar-refractivity contribution in [2.45, 2.75) is 37.1 Å². The van der Waals surface area contributed by atoms with Gasteiger partial charge >= 0.3 is 5.97 Å². The predicted molar refractivity (Wildman–Crippen MR) is 67.0 cm³/mol. The number of carboxylic acid groups (broad SMARTS) is 1. The molecule has 1 aliphatic carbocycles. The Bertz CT molecular complexity index is 548. The molecule has 1 aromatic rings. The minimum absolute atomic E-state index is 0.0808. The molecule has 2 rings (SSSR count). The number of hydrogen-bond donors (Lipinski definition) is 2. The third-order valence-electron chi connectivity index (χ3n) is 3.26. The summed E-state index contributed by atoms with van der Waals surface area (Å²) < 4.78 is 27.8. The van der Waals surface area contributed by atoms with Crippen LogP contribution in [-0.2, 0) is 21.4 Å². The molecule has 0 saturated heterocycles. The zero-order valence-corrected chi connectivity index (χ0v) is 11.3. The Morgan fingerprint density at radius 2 is 2.26 bits per heavy atom. The van der Waals surface area contributed by atoms with Gasteiger partial charge in [-0.15, -0.1) is 0 Å². The molecule has 1 aromatic heterocycles. The molecule has 0 aliphatic heterocycles. The largest absolute Gasteiger partial charge is 0.481 e. The summed E-state index contributed by atoms with van der Waals surface area (Å²) >= 11 is 0. The van der Waals surface area contributed by atoms with Crippen molar-refractivity contribution < 1.29 is 18.3 Å². The Labute approximate surface area is 111 Å². The summed E-state index contributed by atoms with van der Waals surface area (Å²) in [4.78, 5) is 10.5. The molecule has 2 N–H and O–H groups in total. The monoisotopic (exact) mass is 287 g/mol. The fraction of sp³-hybridized carbons (Fsp3) is 0.636. The van der Waals surface area contributed by atoms with Crippen molar-refractivity contribution in [3.63, 3.8) is 0 Å². The quantitative estimate of drug-likeness (QED) is 0.757. The van der Waals surface area contributed by atoms with E-state index in [1.54, 1.807) is 0 Å². The minimum Gasteiger partial charge on any atom is -0.481 e. The number of sulfonamides is 1. The van der Waals surface area contributed by atoms with E-state index in [0.29, 0.717) is 12.5 Å². The van der Waals surface area contributed by atoms with Crippen molar-refractivity contribution in [1.82, 2.24) is 14.5 Å². The summed E-state index contributed by atoms with van der Waals surface area (Å²) in [6, 6.07) is 0. The Morgan fingerprint density at radius 1 is 1.53 bits per heavy atom. The highest BCUT2D eigenvalue weighted by atomic mass is 32.2. The van der Waals surface area contributed by atoms with Crippen LogP contribution in [0.25, 0.3) is 0 Å². The first-order chi connectivity index (χ1) is 8.97. The van der Waals surface area contributed by atoms with Gasteiger partial charge in [0.05, 0.1) is 19.2 Å². The molecule has 0 amide bonds. The normalized spacial score (nSPS) is 16.2. The van der Waals surface area contributed by atoms with Crippen LogP contribution in [0.15, 0.2) is 17.3 Å². The average Bonchev–Trinajstić information content (AvgIpc) is 2.73. The lowest BCUT2D eigenvalue weighted by Crippen LogP contribution is -2.32. The van der Waals surface area contributed by atoms with Gasteiger partial charge in [-0.2, -0.15) is 5.10 Å². The van der Waals surface area contributed by atoms with Crippen molar-refractivity contribution in [3.8, 4) is 0 Å². The van der Waals surface area contributed by atoms with Gasteiger partial charge < -0.3 is 5.11 Å². The molecule has 1 fully saturated rings. The summed E-state index contributed by atoms with van der Waals surface area (Å²) in [6.07, 6.45) is 5.81. The first kappa shape index (κ1) is 14.0. The summed E-state index contributed by atoms with van der Waals surface area (Å²) in [6.45, 7) is 0.621. The molecule has 1 aliphatic rings. The zero-order chi connectivity index (χ0) is 13.9. The van der Waals surface area contributed by atoms with Crippen LogP contribution in [0, 0.1) is 5.92 Å². The molecular weight excluding hydrogens is 270 g/mol. The van der Waals surface area contributed by atoms with Crippen molar-refractivity contribution >= 4 is 16.0 Å². The number of carbonyl (C=O) groups is 1. The van der Waals surface area contributed by atoms with Crippen LogP contribution in [-0.4, -0.2) is 35.8 Å². The van der Waals surface area contributed by atoms with Crippen LogP contribution < -0.4 is 4.72 Å². The number of aromatic nitrogens is 2. The van der Waals surface area contributed by atoms with E-state index >= 15 is 0 Å². The molecule has 0 radical (unpaired) electrons. The van der Waals surface area contributed by atoms with Crippen molar-refractivity contribution in [1.29, 1.82) is 0 Å². The van der Waals surface area contributed by atoms with Gasteiger partial charge in [-0.1, -0.05) is 6.42 Å². The molecule has 0 unspecified atom stereocenters. The zero-order valence-electron chi connectivity index (χ0n) is 10.4. The standard InChI is InChI=1S/C11H17N3O4S/c15-11(16)4-5-14-8-10(7-12-14)19(17,18)13-6-9-2-1-3-9/h7-9,13H,1-6H2,(H,15,16). The van der Waals surface area contributed by atoms with Gasteiger partial charge in [0.1, 0.15) is 4.90 Å². The van der Waals surface area contributed by atoms with Gasteiger partial charge in [0.15, 0.2) is 0 Å². The maximum Gasteiger partial charge on any atom is 0.305 e. The van der Waals surface area contributed by atoms with Gasteiger partial charge in [-0.05, 0) is 18.8 Å². The topological polar surface area (TPSA) is 101 Å². The molecule has 0 bridgehead atoms. The predicted octanol–water partition coefficient (Wildman–Crippen LogP) is 0.436. The average molecular weight is 287 g/mol. The molecule has 1 heterocycles. The second-order valence-electron chi connectivity index (χ2n) is 4.73. The molecule has 19 heavy (non-hydrogen) atoms. The SMILES string of the molecule is O=C(O)CCn1cc(S(=O)(=O)NCC2CCC2)cn1. The Kier molecular flexibility index (Phi) is 4.20. The highest BCUT2D eigenvalue weighted by Crippen LogP contribution is 2.25. The van der Waals surface area contributed by atoms with Crippen LogP contribution in [0.5, 0.6) is 0 Å². The molecule has 106 valence electrons. The third-order valence-corrected chi connectivity index (χ3v) is 4.64. The molecule has 0 spiro atoms. The van der Waals surface area contributed by atoms with E-state index in [4.69, 9.17) is 5.11 Å². The number of rotatable bonds is 7. The van der Waals surface area contributed by atoms with Crippen LogP contribution in [0.1, 0.15) is 25.7 Å². The lowest BCUT2D eigenvalue weighted by Gasteiger charge is -2.25. The van der Waals surface area contributed by atoms with Crippen molar-refractivity contribution in [2.24, 2.45) is 5.92 Å². The fourth-order valence-electron chi connectivity index (χ4n) is 1.82. The highest BCUT2D eigenvalue weighted by molar-refractivity contribution is 7.89. The van der Waals surface area contributed by atoms with Crippen LogP contribution in [0.2, 0.25) is 0 Å². The molecule has 7 nitrogen and oxygen atoms in total. The van der Waals surface area contributed by atoms with Gasteiger partial charge in [-0.25, -0.2) is 13.1 Å². The van der Waals surface area contributed by atoms with Gasteiger partial charge in [0.25, 0.3) is 0 Å². The number of hydrogen-bond acceptors (Lipinski definition) is 4. The Hall–Kier alpha value is -1.41. The highest BCUT2D eigenvalue weighted by Gasteiger charge is 2.22. The molecule has 1 saturated carbocycles. The maximum absolute atomic E-state index is 11.9. The number of nitrogens with zero attached hydrogens (tertiary/aromatic N) is 2. The van der Waals surface area contributed by atoms with E-state index in [9.17, 15) is 13.2 Å². The summed E-state index contributed by atoms with van der Waals surface area (Å²) in [5, 5.41) is 12.4. The summed E-state index contributed by atoms with van der Waals surface area (Å²) in [5.41, 5.74) is 0. The Morgan fingerprint density at radius 3 is 2.84 bits per heavy atom. The number of nitrogens with one attached hydrogen (secondary N) is 1. The van der Waals surface area contributed by atoms with E-state index in [2.05, 4.69) is 9.82 Å². The molecular formula is C11H17N3O4S. The van der Waals surface area contributed by atoms with Crippen molar-refractivity contribution in [2.75, 3.05) is 6.54 Å². The van der Waals surface area contributed by atoms with E-state index < -0.39 is 16.0 Å². The van der Waals surface area contributed by atoms with Crippen LogP contribution in [0.4, 0.5) is 0 Å².